The third-order valence-electron chi connectivity index (χ3n) is 4.18. The molecular weight excluding hydrogens is 327 g/mol. The van der Waals surface area contributed by atoms with Crippen molar-refractivity contribution in [2.24, 2.45) is 0 Å². The molecule has 2 amide bonds. The molecule has 1 aromatic heterocycles. The number of hydrogen-bond acceptors (Lipinski definition) is 4. The molecule has 132 valence electrons. The number of carbonyl (C=O) groups excluding carboxylic acids is 2. The van der Waals surface area contributed by atoms with Gasteiger partial charge in [0.1, 0.15) is 11.9 Å². The third kappa shape index (κ3) is 3.62. The van der Waals surface area contributed by atoms with E-state index in [1.54, 1.807) is 23.4 Å². The van der Waals surface area contributed by atoms with Crippen LogP contribution in [0.1, 0.15) is 29.4 Å². The van der Waals surface area contributed by atoms with E-state index in [-0.39, 0.29) is 24.8 Å². The van der Waals surface area contributed by atoms with E-state index in [0.29, 0.717) is 24.2 Å². The molecule has 25 heavy (non-hydrogen) atoms. The Morgan fingerprint density at radius 3 is 3.08 bits per heavy atom. The van der Waals surface area contributed by atoms with E-state index in [1.165, 1.54) is 19.2 Å². The number of aromatic nitrogens is 2. The summed E-state index contributed by atoms with van der Waals surface area (Å²) in [6.07, 6.45) is 2.30. The molecule has 0 saturated heterocycles. The standard InChI is InChI=1S/C17H19FN4O3/c1-25-14(23)5-7-19-17(24)22-8-6-13-15(21-10-20-13)16(22)11-3-2-4-12(18)9-11/h2-4,9-10,16H,5-8H2,1H3,(H,19,24)(H,20,21)/t16-/m0/s1. The van der Waals surface area contributed by atoms with Crippen molar-refractivity contribution in [1.29, 1.82) is 0 Å². The van der Waals surface area contributed by atoms with E-state index < -0.39 is 12.0 Å². The highest BCUT2D eigenvalue weighted by Crippen LogP contribution is 2.33. The van der Waals surface area contributed by atoms with Gasteiger partial charge in [0.2, 0.25) is 0 Å². The predicted molar refractivity (Wildman–Crippen MR) is 87.3 cm³/mol. The Hall–Kier alpha value is -2.90. The first-order valence-corrected chi connectivity index (χ1v) is 7.99. The number of imidazole rings is 1. The summed E-state index contributed by atoms with van der Waals surface area (Å²) in [5.41, 5.74) is 2.30. The minimum absolute atomic E-state index is 0.0916. The molecule has 0 fully saturated rings. The second-order valence-electron chi connectivity index (χ2n) is 5.73. The average Bonchev–Trinajstić information content (AvgIpc) is 3.09. The number of hydrogen-bond donors (Lipinski definition) is 2. The van der Waals surface area contributed by atoms with Crippen molar-refractivity contribution in [2.45, 2.75) is 18.9 Å². The highest BCUT2D eigenvalue weighted by Gasteiger charge is 2.34. The number of carbonyl (C=O) groups is 2. The maximum Gasteiger partial charge on any atom is 0.318 e. The van der Waals surface area contributed by atoms with Crippen LogP contribution >= 0.6 is 0 Å². The van der Waals surface area contributed by atoms with Crippen LogP contribution in [0.2, 0.25) is 0 Å². The molecular formula is C17H19FN4O3. The maximum atomic E-state index is 13.7. The van der Waals surface area contributed by atoms with Gasteiger partial charge in [0.05, 0.1) is 25.6 Å². The monoisotopic (exact) mass is 346 g/mol. The Balaban J connectivity index is 1.82. The largest absolute Gasteiger partial charge is 0.469 e. The highest BCUT2D eigenvalue weighted by atomic mass is 19.1. The van der Waals surface area contributed by atoms with E-state index in [0.717, 1.165) is 5.69 Å². The first-order valence-electron chi connectivity index (χ1n) is 7.99. The van der Waals surface area contributed by atoms with Crippen molar-refractivity contribution in [3.05, 3.63) is 53.4 Å². The Morgan fingerprint density at radius 2 is 2.32 bits per heavy atom. The number of nitrogens with one attached hydrogen (secondary N) is 2. The van der Waals surface area contributed by atoms with Crippen molar-refractivity contribution < 1.29 is 18.7 Å². The Labute approximate surface area is 144 Å². The maximum absolute atomic E-state index is 13.7. The van der Waals surface area contributed by atoms with Gasteiger partial charge in [-0.2, -0.15) is 0 Å². The molecule has 0 radical (unpaired) electrons. The van der Waals surface area contributed by atoms with E-state index in [4.69, 9.17) is 0 Å². The van der Waals surface area contributed by atoms with Gasteiger partial charge in [-0.15, -0.1) is 0 Å². The van der Waals surface area contributed by atoms with Gasteiger partial charge < -0.3 is 19.9 Å². The molecule has 7 nitrogen and oxygen atoms in total. The van der Waals surface area contributed by atoms with E-state index in [2.05, 4.69) is 20.0 Å². The number of benzene rings is 1. The molecule has 2 heterocycles. The number of amides is 2. The topological polar surface area (TPSA) is 87.3 Å². The number of aromatic amines is 1. The van der Waals surface area contributed by atoms with Crippen LogP contribution in [0.25, 0.3) is 0 Å². The Kier molecular flexibility index (Phi) is 4.97. The van der Waals surface area contributed by atoms with E-state index in [9.17, 15) is 14.0 Å². The zero-order valence-electron chi connectivity index (χ0n) is 13.8. The number of ether oxygens (including phenoxy) is 1. The lowest BCUT2D eigenvalue weighted by Crippen LogP contribution is -2.46. The van der Waals surface area contributed by atoms with Gasteiger partial charge in [0.15, 0.2) is 0 Å². The minimum atomic E-state index is -0.483. The number of H-pyrrole nitrogens is 1. The number of fused-ring (bicyclic) bond motifs is 1. The molecule has 0 unspecified atom stereocenters. The number of urea groups is 1. The number of nitrogens with zero attached hydrogens (tertiary/aromatic N) is 2. The van der Waals surface area contributed by atoms with Gasteiger partial charge in [-0.25, -0.2) is 14.2 Å². The van der Waals surface area contributed by atoms with Crippen molar-refractivity contribution in [1.82, 2.24) is 20.2 Å². The molecule has 1 aliphatic heterocycles. The zero-order valence-corrected chi connectivity index (χ0v) is 13.8. The second-order valence-corrected chi connectivity index (χ2v) is 5.73. The molecule has 1 aliphatic rings. The lowest BCUT2D eigenvalue weighted by Gasteiger charge is -2.35. The van der Waals surface area contributed by atoms with Crippen molar-refractivity contribution in [2.75, 3.05) is 20.2 Å². The van der Waals surface area contributed by atoms with Crippen LogP contribution < -0.4 is 5.32 Å². The van der Waals surface area contributed by atoms with Crippen LogP contribution in [-0.4, -0.2) is 47.1 Å². The molecule has 1 atom stereocenters. The van der Waals surface area contributed by atoms with Crippen molar-refractivity contribution >= 4 is 12.0 Å². The molecule has 3 rings (SSSR count). The molecule has 8 heteroatoms. The Morgan fingerprint density at radius 1 is 1.48 bits per heavy atom. The summed E-state index contributed by atoms with van der Waals surface area (Å²) >= 11 is 0. The van der Waals surface area contributed by atoms with Crippen molar-refractivity contribution in [3.8, 4) is 0 Å². The first-order chi connectivity index (χ1) is 12.1. The van der Waals surface area contributed by atoms with Gasteiger partial charge in [0, 0.05) is 25.2 Å². The van der Waals surface area contributed by atoms with Gasteiger partial charge >= 0.3 is 12.0 Å². The summed E-state index contributed by atoms with van der Waals surface area (Å²) in [5.74, 6) is -0.763. The van der Waals surface area contributed by atoms with Crippen LogP contribution in [0.15, 0.2) is 30.6 Å². The number of halogens is 1. The Bertz CT molecular complexity index is 777. The molecule has 2 aromatic rings. The molecule has 0 saturated carbocycles. The summed E-state index contributed by atoms with van der Waals surface area (Å²) in [6.45, 7) is 0.631. The average molecular weight is 346 g/mol. The van der Waals surface area contributed by atoms with E-state index >= 15 is 0 Å². The smallest absolute Gasteiger partial charge is 0.318 e. The van der Waals surface area contributed by atoms with Crippen LogP contribution in [0.5, 0.6) is 0 Å². The molecule has 1 aromatic carbocycles. The fraction of sp³-hybridized carbons (Fsp3) is 0.353. The number of methoxy groups -OCH3 is 1. The second kappa shape index (κ2) is 7.33. The van der Waals surface area contributed by atoms with E-state index in [1.807, 2.05) is 0 Å². The fourth-order valence-electron chi connectivity index (χ4n) is 2.98. The third-order valence-corrected chi connectivity index (χ3v) is 4.18. The van der Waals surface area contributed by atoms with Crippen LogP contribution in [0, 0.1) is 5.82 Å². The van der Waals surface area contributed by atoms with Crippen molar-refractivity contribution in [3.63, 3.8) is 0 Å². The number of rotatable bonds is 4. The van der Waals surface area contributed by atoms with Crippen LogP contribution in [0.3, 0.4) is 0 Å². The number of esters is 1. The summed E-state index contributed by atoms with van der Waals surface area (Å²) in [6, 6.07) is 5.34. The summed E-state index contributed by atoms with van der Waals surface area (Å²) in [7, 11) is 1.30. The lowest BCUT2D eigenvalue weighted by atomic mass is 9.96. The van der Waals surface area contributed by atoms with Crippen LogP contribution in [0.4, 0.5) is 9.18 Å². The zero-order chi connectivity index (χ0) is 17.8. The molecule has 2 N–H and O–H groups in total. The lowest BCUT2D eigenvalue weighted by molar-refractivity contribution is -0.140. The molecule has 0 spiro atoms. The molecule has 0 aliphatic carbocycles. The fourth-order valence-corrected chi connectivity index (χ4v) is 2.98. The summed E-state index contributed by atoms with van der Waals surface area (Å²) in [5, 5.41) is 2.71. The SMILES string of the molecule is COC(=O)CCNC(=O)N1CCc2[nH]cnc2[C@@H]1c1cccc(F)c1. The minimum Gasteiger partial charge on any atom is -0.469 e. The van der Waals surface area contributed by atoms with Gasteiger partial charge in [-0.05, 0) is 17.7 Å². The highest BCUT2D eigenvalue weighted by molar-refractivity contribution is 5.77. The summed E-state index contributed by atoms with van der Waals surface area (Å²) < 4.78 is 18.2. The normalized spacial score (nSPS) is 16.2. The predicted octanol–water partition coefficient (Wildman–Crippen LogP) is 1.77. The van der Waals surface area contributed by atoms with Crippen LogP contribution in [-0.2, 0) is 16.0 Å². The molecule has 0 bridgehead atoms. The first kappa shape index (κ1) is 16.9. The van der Waals surface area contributed by atoms with Gasteiger partial charge in [-0.1, -0.05) is 12.1 Å². The van der Waals surface area contributed by atoms with Gasteiger partial charge in [0.25, 0.3) is 0 Å². The quantitative estimate of drug-likeness (QED) is 0.826. The summed E-state index contributed by atoms with van der Waals surface area (Å²) in [4.78, 5) is 32.8. The van der Waals surface area contributed by atoms with Gasteiger partial charge in [-0.3, -0.25) is 4.79 Å².